The van der Waals surface area contributed by atoms with Crippen LogP contribution in [0.25, 0.3) is 0 Å². The Morgan fingerprint density at radius 1 is 1.33 bits per heavy atom. The van der Waals surface area contributed by atoms with Gasteiger partial charge in [0.05, 0.1) is 10.7 Å². The number of para-hydroxylation sites is 1. The van der Waals surface area contributed by atoms with E-state index in [-0.39, 0.29) is 12.5 Å². The van der Waals surface area contributed by atoms with Crippen LogP contribution < -0.4 is 4.90 Å². The molecule has 2 aromatic rings. The minimum absolute atomic E-state index is 0.171. The molecule has 1 aromatic carbocycles. The lowest BCUT2D eigenvalue weighted by Gasteiger charge is -2.16. The first-order valence-corrected chi connectivity index (χ1v) is 7.38. The van der Waals surface area contributed by atoms with Crippen LogP contribution in [-0.2, 0) is 4.79 Å². The monoisotopic (exact) mass is 302 g/mol. The van der Waals surface area contributed by atoms with E-state index in [4.69, 9.17) is 0 Å². The molecule has 6 heteroatoms. The van der Waals surface area contributed by atoms with E-state index in [0.29, 0.717) is 21.8 Å². The Morgan fingerprint density at radius 3 is 2.67 bits per heavy atom. The van der Waals surface area contributed by atoms with Gasteiger partial charge in [-0.05, 0) is 25.5 Å². The van der Waals surface area contributed by atoms with Gasteiger partial charge in [-0.2, -0.15) is 0 Å². The molecule has 5 nitrogen and oxygen atoms in total. The van der Waals surface area contributed by atoms with Crippen molar-refractivity contribution in [3.8, 4) is 0 Å². The Kier molecular flexibility index (Phi) is 3.25. The van der Waals surface area contributed by atoms with E-state index in [2.05, 4.69) is 4.98 Å². The molecule has 0 saturated heterocycles. The van der Waals surface area contributed by atoms with E-state index in [1.54, 1.807) is 30.0 Å². The zero-order valence-corrected chi connectivity index (χ0v) is 12.5. The summed E-state index contributed by atoms with van der Waals surface area (Å²) in [6.07, 6.45) is 0. The number of carboxylic acids is 1. The molecule has 0 spiro atoms. The fraction of sp³-hybridized carbons (Fsp3) is 0.267. The summed E-state index contributed by atoms with van der Waals surface area (Å²) in [5.74, 6) is -1.75. The van der Waals surface area contributed by atoms with Gasteiger partial charge >= 0.3 is 5.97 Å². The molecule has 21 heavy (non-hydrogen) atoms. The molecule has 1 aliphatic heterocycles. The van der Waals surface area contributed by atoms with Crippen LogP contribution in [0.2, 0.25) is 0 Å². The Bertz CT molecular complexity index is 738. The number of anilines is 1. The molecule has 1 aromatic heterocycles. The number of rotatable bonds is 2. The van der Waals surface area contributed by atoms with Gasteiger partial charge in [0.1, 0.15) is 10.8 Å². The number of aliphatic carboxylic acids is 1. The number of hydrogen-bond acceptors (Lipinski definition) is 4. The van der Waals surface area contributed by atoms with Crippen LogP contribution in [0, 0.1) is 13.8 Å². The SMILES string of the molecule is Cc1nc(C)c(C(=O)N2C[C@H](C(=O)O)c3ccccc32)s1. The third-order valence-electron chi connectivity index (χ3n) is 3.61. The van der Waals surface area contributed by atoms with Crippen molar-refractivity contribution < 1.29 is 14.7 Å². The average Bonchev–Trinajstić information content (AvgIpc) is 2.98. The second-order valence-corrected chi connectivity index (χ2v) is 6.22. The van der Waals surface area contributed by atoms with Gasteiger partial charge in [0.15, 0.2) is 0 Å². The molecule has 0 bridgehead atoms. The zero-order valence-electron chi connectivity index (χ0n) is 11.7. The quantitative estimate of drug-likeness (QED) is 0.925. The predicted molar refractivity (Wildman–Crippen MR) is 80.1 cm³/mol. The molecule has 2 heterocycles. The molecule has 0 unspecified atom stereocenters. The predicted octanol–water partition coefficient (Wildman–Crippen LogP) is 2.59. The van der Waals surface area contributed by atoms with Gasteiger partial charge < -0.3 is 10.0 Å². The first kappa shape index (κ1) is 13.8. The first-order valence-electron chi connectivity index (χ1n) is 6.56. The molecule has 1 aliphatic rings. The third-order valence-corrected chi connectivity index (χ3v) is 4.67. The van der Waals surface area contributed by atoms with Crippen LogP contribution in [0.5, 0.6) is 0 Å². The third kappa shape index (κ3) is 2.21. The number of aryl methyl sites for hydroxylation is 2. The van der Waals surface area contributed by atoms with Gasteiger partial charge in [0, 0.05) is 12.2 Å². The summed E-state index contributed by atoms with van der Waals surface area (Å²) in [5, 5.41) is 10.2. The molecule has 108 valence electrons. The number of benzene rings is 1. The summed E-state index contributed by atoms with van der Waals surface area (Å²) in [5.41, 5.74) is 2.07. The van der Waals surface area contributed by atoms with E-state index >= 15 is 0 Å². The second kappa shape index (κ2) is 4.96. The van der Waals surface area contributed by atoms with Gasteiger partial charge in [-0.15, -0.1) is 11.3 Å². The van der Waals surface area contributed by atoms with E-state index in [1.807, 2.05) is 13.0 Å². The molecular formula is C15H14N2O3S. The van der Waals surface area contributed by atoms with Crippen LogP contribution in [0.15, 0.2) is 24.3 Å². The van der Waals surface area contributed by atoms with Gasteiger partial charge in [0.25, 0.3) is 5.91 Å². The molecule has 1 atom stereocenters. The van der Waals surface area contributed by atoms with Crippen molar-refractivity contribution in [2.75, 3.05) is 11.4 Å². The maximum atomic E-state index is 12.7. The number of carbonyl (C=O) groups excluding carboxylic acids is 1. The smallest absolute Gasteiger partial charge is 0.312 e. The molecule has 1 N–H and O–H groups in total. The maximum absolute atomic E-state index is 12.7. The standard InChI is InChI=1S/C15H14N2O3S/c1-8-13(21-9(2)16-8)14(18)17-7-11(15(19)20)10-5-3-4-6-12(10)17/h3-6,11H,7H2,1-2H3,(H,19,20)/t11-/m0/s1. The van der Waals surface area contributed by atoms with E-state index in [9.17, 15) is 14.7 Å². The van der Waals surface area contributed by atoms with E-state index in [0.717, 1.165) is 5.01 Å². The minimum Gasteiger partial charge on any atom is -0.481 e. The number of carbonyl (C=O) groups is 2. The highest BCUT2D eigenvalue weighted by Crippen LogP contribution is 2.37. The van der Waals surface area contributed by atoms with Gasteiger partial charge in [-0.3, -0.25) is 9.59 Å². The van der Waals surface area contributed by atoms with E-state index in [1.165, 1.54) is 11.3 Å². The van der Waals surface area contributed by atoms with Gasteiger partial charge in [-0.1, -0.05) is 18.2 Å². The topological polar surface area (TPSA) is 70.5 Å². The maximum Gasteiger partial charge on any atom is 0.312 e. The van der Waals surface area contributed by atoms with Crippen LogP contribution in [0.3, 0.4) is 0 Å². The van der Waals surface area contributed by atoms with Crippen molar-refractivity contribution in [1.82, 2.24) is 4.98 Å². The number of thiazole rings is 1. The number of carboxylic acid groups (broad SMARTS) is 1. The lowest BCUT2D eigenvalue weighted by Crippen LogP contribution is -2.31. The highest BCUT2D eigenvalue weighted by molar-refractivity contribution is 7.13. The molecule has 0 saturated carbocycles. The van der Waals surface area contributed by atoms with Gasteiger partial charge in [-0.25, -0.2) is 4.98 Å². The second-order valence-electron chi connectivity index (χ2n) is 5.01. The molecule has 0 radical (unpaired) electrons. The fourth-order valence-electron chi connectivity index (χ4n) is 2.66. The van der Waals surface area contributed by atoms with Crippen LogP contribution in [0.1, 0.15) is 31.9 Å². The average molecular weight is 302 g/mol. The van der Waals surface area contributed by atoms with E-state index < -0.39 is 11.9 Å². The summed E-state index contributed by atoms with van der Waals surface area (Å²) in [4.78, 5) is 30.5. The lowest BCUT2D eigenvalue weighted by molar-refractivity contribution is -0.138. The molecule has 1 amide bonds. The minimum atomic E-state index is -0.907. The summed E-state index contributed by atoms with van der Waals surface area (Å²) in [6, 6.07) is 7.17. The Labute approximate surface area is 125 Å². The van der Waals surface area contributed by atoms with Crippen LogP contribution in [-0.4, -0.2) is 28.5 Å². The molecule has 3 rings (SSSR count). The number of fused-ring (bicyclic) bond motifs is 1. The van der Waals surface area contributed by atoms with Crippen molar-refractivity contribution in [3.63, 3.8) is 0 Å². The number of aromatic nitrogens is 1. The van der Waals surface area contributed by atoms with Crippen molar-refractivity contribution in [2.24, 2.45) is 0 Å². The summed E-state index contributed by atoms with van der Waals surface area (Å²) >= 11 is 1.34. The molecule has 0 aliphatic carbocycles. The summed E-state index contributed by atoms with van der Waals surface area (Å²) < 4.78 is 0. The highest BCUT2D eigenvalue weighted by atomic mass is 32.1. The van der Waals surface area contributed by atoms with Crippen molar-refractivity contribution in [2.45, 2.75) is 19.8 Å². The highest BCUT2D eigenvalue weighted by Gasteiger charge is 2.37. The number of hydrogen-bond donors (Lipinski definition) is 1. The zero-order chi connectivity index (χ0) is 15.1. The summed E-state index contributed by atoms with van der Waals surface area (Å²) in [7, 11) is 0. The normalized spacial score (nSPS) is 16.9. The van der Waals surface area contributed by atoms with Crippen molar-refractivity contribution in [3.05, 3.63) is 45.4 Å². The Balaban J connectivity index is 2.02. The summed E-state index contributed by atoms with van der Waals surface area (Å²) in [6.45, 7) is 3.82. The molecule has 0 fully saturated rings. The first-order chi connectivity index (χ1) is 9.99. The van der Waals surface area contributed by atoms with Crippen LogP contribution >= 0.6 is 11.3 Å². The lowest BCUT2D eigenvalue weighted by atomic mass is 10.0. The van der Waals surface area contributed by atoms with Crippen molar-refractivity contribution in [1.29, 1.82) is 0 Å². The van der Waals surface area contributed by atoms with Crippen LogP contribution in [0.4, 0.5) is 5.69 Å². The Hall–Kier alpha value is -2.21. The van der Waals surface area contributed by atoms with Crippen molar-refractivity contribution >= 4 is 28.9 Å². The Morgan fingerprint density at radius 2 is 2.05 bits per heavy atom. The number of amides is 1. The fourth-order valence-corrected chi connectivity index (χ4v) is 3.53. The number of nitrogens with zero attached hydrogens (tertiary/aromatic N) is 2. The largest absolute Gasteiger partial charge is 0.481 e. The molecular weight excluding hydrogens is 288 g/mol. The van der Waals surface area contributed by atoms with Gasteiger partial charge in [0.2, 0.25) is 0 Å².